The molecule has 2 N–H and O–H groups in total. The summed E-state index contributed by atoms with van der Waals surface area (Å²) in [5.74, 6) is 0.728. The van der Waals surface area contributed by atoms with E-state index in [1.807, 2.05) is 11.8 Å². The van der Waals surface area contributed by atoms with E-state index in [9.17, 15) is 4.79 Å². The molecule has 0 aromatic carbocycles. The lowest BCUT2D eigenvalue weighted by Gasteiger charge is -2.18. The number of nitrogens with two attached hydrogens (primary N) is 1. The van der Waals surface area contributed by atoms with Gasteiger partial charge in [-0.1, -0.05) is 0 Å². The van der Waals surface area contributed by atoms with Crippen molar-refractivity contribution in [2.24, 2.45) is 11.7 Å². The molecule has 0 spiro atoms. The van der Waals surface area contributed by atoms with Crippen LogP contribution >= 0.6 is 0 Å². The first-order chi connectivity index (χ1) is 7.15. The van der Waals surface area contributed by atoms with Gasteiger partial charge in [0.25, 0.3) is 0 Å². The fourth-order valence-electron chi connectivity index (χ4n) is 1.97. The van der Waals surface area contributed by atoms with E-state index < -0.39 is 0 Å². The maximum atomic E-state index is 11.7. The molecule has 1 amide bonds. The summed E-state index contributed by atoms with van der Waals surface area (Å²) < 4.78 is 4.92. The molecular formula is C11H22N2O2. The Kier molecular flexibility index (Phi) is 5.05. The summed E-state index contributed by atoms with van der Waals surface area (Å²) >= 11 is 0. The molecule has 0 aliphatic carbocycles. The molecule has 1 aliphatic rings. The topological polar surface area (TPSA) is 55.6 Å². The maximum Gasteiger partial charge on any atom is 0.222 e. The van der Waals surface area contributed by atoms with Crippen LogP contribution < -0.4 is 5.73 Å². The highest BCUT2D eigenvalue weighted by atomic mass is 16.5. The molecule has 1 aliphatic heterocycles. The smallest absolute Gasteiger partial charge is 0.222 e. The van der Waals surface area contributed by atoms with Gasteiger partial charge in [-0.2, -0.15) is 0 Å². The Hall–Kier alpha value is -0.610. The number of carbonyl (C=O) groups is 1. The van der Waals surface area contributed by atoms with Crippen molar-refractivity contribution in [3.8, 4) is 0 Å². The van der Waals surface area contributed by atoms with Gasteiger partial charge in [0.2, 0.25) is 5.91 Å². The first-order valence-corrected chi connectivity index (χ1v) is 5.67. The van der Waals surface area contributed by atoms with Crippen LogP contribution in [0, 0.1) is 5.92 Å². The van der Waals surface area contributed by atoms with Gasteiger partial charge in [-0.15, -0.1) is 0 Å². The number of rotatable bonds is 5. The Bertz CT molecular complexity index is 207. The molecule has 0 aromatic heterocycles. The molecule has 2 atom stereocenters. The van der Waals surface area contributed by atoms with Crippen molar-refractivity contribution in [2.75, 3.05) is 26.8 Å². The van der Waals surface area contributed by atoms with Gasteiger partial charge < -0.3 is 15.4 Å². The van der Waals surface area contributed by atoms with E-state index in [4.69, 9.17) is 10.5 Å². The second kappa shape index (κ2) is 6.08. The molecule has 0 radical (unpaired) electrons. The van der Waals surface area contributed by atoms with Gasteiger partial charge in [0, 0.05) is 39.3 Å². The van der Waals surface area contributed by atoms with Crippen LogP contribution in [0.3, 0.4) is 0 Å². The van der Waals surface area contributed by atoms with E-state index in [-0.39, 0.29) is 11.9 Å². The molecule has 0 aromatic rings. The van der Waals surface area contributed by atoms with Crippen molar-refractivity contribution in [1.29, 1.82) is 0 Å². The fraction of sp³-hybridized carbons (Fsp3) is 0.909. The third-order valence-electron chi connectivity index (χ3n) is 3.06. The number of likely N-dealkylation sites (tertiary alicyclic amines) is 1. The third kappa shape index (κ3) is 3.80. The average Bonchev–Trinajstić information content (AvgIpc) is 2.66. The number of methoxy groups -OCH3 is 1. The van der Waals surface area contributed by atoms with Crippen LogP contribution in [-0.4, -0.2) is 43.7 Å². The average molecular weight is 214 g/mol. The molecule has 15 heavy (non-hydrogen) atoms. The molecule has 1 heterocycles. The zero-order valence-corrected chi connectivity index (χ0v) is 9.74. The second-order valence-electron chi connectivity index (χ2n) is 4.34. The highest BCUT2D eigenvalue weighted by Crippen LogP contribution is 2.19. The van der Waals surface area contributed by atoms with Crippen molar-refractivity contribution in [1.82, 2.24) is 4.90 Å². The second-order valence-corrected chi connectivity index (χ2v) is 4.34. The summed E-state index contributed by atoms with van der Waals surface area (Å²) in [6.45, 7) is 4.39. The number of amides is 1. The number of hydrogen-bond donors (Lipinski definition) is 1. The highest BCUT2D eigenvalue weighted by molar-refractivity contribution is 5.76. The van der Waals surface area contributed by atoms with Crippen LogP contribution in [-0.2, 0) is 9.53 Å². The molecule has 4 heteroatoms. The zero-order valence-electron chi connectivity index (χ0n) is 9.74. The monoisotopic (exact) mass is 214 g/mol. The minimum Gasteiger partial charge on any atom is -0.385 e. The SMILES string of the molecule is COCCCC(=O)N1CCC(C(C)N)C1. The molecule has 0 saturated carbocycles. The number of ether oxygens (including phenoxy) is 1. The van der Waals surface area contributed by atoms with Gasteiger partial charge in [-0.05, 0) is 25.7 Å². The molecule has 88 valence electrons. The van der Waals surface area contributed by atoms with E-state index >= 15 is 0 Å². The predicted molar refractivity (Wildman–Crippen MR) is 59.4 cm³/mol. The summed E-state index contributed by atoms with van der Waals surface area (Å²) in [6.07, 6.45) is 2.46. The van der Waals surface area contributed by atoms with Crippen molar-refractivity contribution < 1.29 is 9.53 Å². The van der Waals surface area contributed by atoms with E-state index in [1.165, 1.54) is 0 Å². The zero-order chi connectivity index (χ0) is 11.3. The van der Waals surface area contributed by atoms with Gasteiger partial charge in [-0.3, -0.25) is 4.79 Å². The van der Waals surface area contributed by atoms with Crippen molar-refractivity contribution in [2.45, 2.75) is 32.2 Å². The van der Waals surface area contributed by atoms with Gasteiger partial charge in [-0.25, -0.2) is 0 Å². The lowest BCUT2D eigenvalue weighted by Crippen LogP contribution is -2.32. The van der Waals surface area contributed by atoms with Crippen molar-refractivity contribution >= 4 is 5.91 Å². The quantitative estimate of drug-likeness (QED) is 0.682. The highest BCUT2D eigenvalue weighted by Gasteiger charge is 2.27. The molecule has 0 bridgehead atoms. The lowest BCUT2D eigenvalue weighted by atomic mass is 10.0. The third-order valence-corrected chi connectivity index (χ3v) is 3.06. The summed E-state index contributed by atoms with van der Waals surface area (Å²) in [5, 5.41) is 0. The summed E-state index contributed by atoms with van der Waals surface area (Å²) in [7, 11) is 1.66. The van der Waals surface area contributed by atoms with E-state index in [0.717, 1.165) is 25.9 Å². The minimum atomic E-state index is 0.196. The van der Waals surface area contributed by atoms with Crippen LogP contribution in [0.4, 0.5) is 0 Å². The normalized spacial score (nSPS) is 23.1. The summed E-state index contributed by atoms with van der Waals surface area (Å²) in [4.78, 5) is 13.7. The van der Waals surface area contributed by atoms with Crippen LogP contribution in [0.25, 0.3) is 0 Å². The van der Waals surface area contributed by atoms with E-state index in [0.29, 0.717) is 18.9 Å². The maximum absolute atomic E-state index is 11.7. The van der Waals surface area contributed by atoms with Gasteiger partial charge in [0.1, 0.15) is 0 Å². The number of carbonyl (C=O) groups excluding carboxylic acids is 1. The number of hydrogen-bond acceptors (Lipinski definition) is 3. The fourth-order valence-corrected chi connectivity index (χ4v) is 1.97. The van der Waals surface area contributed by atoms with Gasteiger partial charge in [0.05, 0.1) is 0 Å². The van der Waals surface area contributed by atoms with E-state index in [1.54, 1.807) is 7.11 Å². The first-order valence-electron chi connectivity index (χ1n) is 5.67. The molecule has 1 saturated heterocycles. The van der Waals surface area contributed by atoms with E-state index in [2.05, 4.69) is 0 Å². The lowest BCUT2D eigenvalue weighted by molar-refractivity contribution is -0.130. The van der Waals surface area contributed by atoms with Gasteiger partial charge >= 0.3 is 0 Å². The first kappa shape index (κ1) is 12.5. The predicted octanol–water partition coefficient (Wildman–Crippen LogP) is 0.609. The van der Waals surface area contributed by atoms with Crippen LogP contribution in [0.5, 0.6) is 0 Å². The van der Waals surface area contributed by atoms with Crippen LogP contribution in [0.1, 0.15) is 26.2 Å². The molecule has 1 rings (SSSR count). The molecular weight excluding hydrogens is 192 g/mol. The molecule has 1 fully saturated rings. The summed E-state index contributed by atoms with van der Waals surface area (Å²) in [6, 6.07) is 0.196. The minimum absolute atomic E-state index is 0.196. The largest absolute Gasteiger partial charge is 0.385 e. The number of nitrogens with zero attached hydrogens (tertiary/aromatic N) is 1. The Morgan fingerprint density at radius 3 is 2.93 bits per heavy atom. The van der Waals surface area contributed by atoms with Crippen LogP contribution in [0.2, 0.25) is 0 Å². The van der Waals surface area contributed by atoms with Gasteiger partial charge in [0.15, 0.2) is 0 Å². The molecule has 4 nitrogen and oxygen atoms in total. The Balaban J connectivity index is 2.24. The van der Waals surface area contributed by atoms with Crippen molar-refractivity contribution in [3.05, 3.63) is 0 Å². The summed E-state index contributed by atoms with van der Waals surface area (Å²) in [5.41, 5.74) is 5.82. The Morgan fingerprint density at radius 1 is 1.67 bits per heavy atom. The Labute approximate surface area is 91.8 Å². The van der Waals surface area contributed by atoms with Crippen molar-refractivity contribution in [3.63, 3.8) is 0 Å². The molecule has 2 unspecified atom stereocenters. The standard InChI is InChI=1S/C11H22N2O2/c1-9(12)10-5-6-13(8-10)11(14)4-3-7-15-2/h9-10H,3-8,12H2,1-2H3. The Morgan fingerprint density at radius 2 is 2.40 bits per heavy atom. The van der Waals surface area contributed by atoms with Crippen LogP contribution in [0.15, 0.2) is 0 Å².